The van der Waals surface area contributed by atoms with E-state index in [0.717, 1.165) is 25.0 Å². The smallest absolute Gasteiger partial charge is 0.273 e. The highest BCUT2D eigenvalue weighted by Crippen LogP contribution is 2.18. The van der Waals surface area contributed by atoms with Gasteiger partial charge in [0.2, 0.25) is 0 Å². The number of amides is 1. The zero-order valence-corrected chi connectivity index (χ0v) is 12.5. The number of carbonyl (C=O) groups excluding carboxylic acids is 1. The zero-order chi connectivity index (χ0) is 14.7. The summed E-state index contributed by atoms with van der Waals surface area (Å²) in [7, 11) is 0. The van der Waals surface area contributed by atoms with Crippen molar-refractivity contribution in [3.63, 3.8) is 0 Å². The van der Waals surface area contributed by atoms with E-state index in [1.807, 2.05) is 27.7 Å². The summed E-state index contributed by atoms with van der Waals surface area (Å²) in [6, 6.07) is 1.70. The summed E-state index contributed by atoms with van der Waals surface area (Å²) in [6.45, 7) is 9.65. The summed E-state index contributed by atoms with van der Waals surface area (Å²) in [5.74, 6) is 0.492. The van der Waals surface area contributed by atoms with Gasteiger partial charge in [0.15, 0.2) is 5.69 Å². The summed E-state index contributed by atoms with van der Waals surface area (Å²) < 4.78 is 5.15. The lowest BCUT2D eigenvalue weighted by Gasteiger charge is -2.38. The highest BCUT2D eigenvalue weighted by atomic mass is 16.5. The van der Waals surface area contributed by atoms with Crippen LogP contribution >= 0.6 is 0 Å². The Bertz CT molecular complexity index is 430. The molecule has 3 N–H and O–H groups in total. The highest BCUT2D eigenvalue weighted by molar-refractivity contribution is 5.92. The van der Waals surface area contributed by atoms with Crippen molar-refractivity contribution in [1.82, 2.24) is 10.5 Å². The van der Waals surface area contributed by atoms with Crippen LogP contribution in [0.2, 0.25) is 0 Å². The molecule has 0 fully saturated rings. The van der Waals surface area contributed by atoms with E-state index in [1.54, 1.807) is 6.07 Å². The van der Waals surface area contributed by atoms with Gasteiger partial charge in [0.1, 0.15) is 5.76 Å². The van der Waals surface area contributed by atoms with Crippen molar-refractivity contribution in [2.75, 3.05) is 0 Å². The van der Waals surface area contributed by atoms with Gasteiger partial charge < -0.3 is 15.6 Å². The Balaban J connectivity index is 2.71. The lowest BCUT2D eigenvalue weighted by molar-refractivity contribution is 0.0866. The first-order valence-electron chi connectivity index (χ1n) is 6.74. The molecule has 0 aliphatic rings. The number of hydrogen-bond donors (Lipinski definition) is 2. The first kappa shape index (κ1) is 15.7. The Kier molecular flexibility index (Phi) is 4.74. The molecule has 0 spiro atoms. The molecular weight excluding hydrogens is 242 g/mol. The van der Waals surface area contributed by atoms with E-state index in [-0.39, 0.29) is 5.91 Å². The van der Waals surface area contributed by atoms with Crippen LogP contribution in [0.4, 0.5) is 0 Å². The predicted molar refractivity (Wildman–Crippen MR) is 74.9 cm³/mol. The van der Waals surface area contributed by atoms with Gasteiger partial charge in [0.05, 0.1) is 5.54 Å². The third-order valence-corrected chi connectivity index (χ3v) is 3.61. The molecule has 0 unspecified atom stereocenters. The van der Waals surface area contributed by atoms with Crippen LogP contribution in [0.1, 0.15) is 63.7 Å². The second-order valence-electron chi connectivity index (χ2n) is 6.08. The second-order valence-corrected chi connectivity index (χ2v) is 6.08. The first-order valence-corrected chi connectivity index (χ1v) is 6.74. The molecule has 5 nitrogen and oxygen atoms in total. The van der Waals surface area contributed by atoms with Crippen molar-refractivity contribution in [2.24, 2.45) is 5.73 Å². The Morgan fingerprint density at radius 1 is 1.42 bits per heavy atom. The monoisotopic (exact) mass is 267 g/mol. The molecule has 19 heavy (non-hydrogen) atoms. The topological polar surface area (TPSA) is 81.2 Å². The molecule has 1 amide bonds. The van der Waals surface area contributed by atoms with E-state index in [2.05, 4.69) is 17.4 Å². The van der Waals surface area contributed by atoms with Gasteiger partial charge in [-0.2, -0.15) is 0 Å². The van der Waals surface area contributed by atoms with Crippen LogP contribution in [0.25, 0.3) is 0 Å². The number of hydrogen-bond acceptors (Lipinski definition) is 4. The lowest BCUT2D eigenvalue weighted by Crippen LogP contribution is -2.62. The molecule has 1 aromatic heterocycles. The predicted octanol–water partition coefficient (Wildman–Crippen LogP) is 2.26. The first-order chi connectivity index (χ1) is 8.67. The van der Waals surface area contributed by atoms with Crippen LogP contribution < -0.4 is 11.1 Å². The second kappa shape index (κ2) is 5.74. The van der Waals surface area contributed by atoms with Crippen molar-refractivity contribution >= 4 is 5.91 Å². The molecular formula is C14H25N3O2. The fourth-order valence-electron chi connectivity index (χ4n) is 1.40. The minimum absolute atomic E-state index is 0.255. The molecule has 0 aliphatic carbocycles. The van der Waals surface area contributed by atoms with E-state index in [9.17, 15) is 4.79 Å². The van der Waals surface area contributed by atoms with Crippen LogP contribution in [0.3, 0.4) is 0 Å². The van der Waals surface area contributed by atoms with Gasteiger partial charge >= 0.3 is 0 Å². The van der Waals surface area contributed by atoms with E-state index in [4.69, 9.17) is 10.3 Å². The van der Waals surface area contributed by atoms with Crippen LogP contribution in [-0.4, -0.2) is 22.1 Å². The molecule has 0 atom stereocenters. The summed E-state index contributed by atoms with van der Waals surface area (Å²) in [6.07, 6.45) is 2.91. The molecule has 0 saturated carbocycles. The summed E-state index contributed by atoms with van der Waals surface area (Å²) in [4.78, 5) is 12.1. The number of nitrogens with zero attached hydrogens (tertiary/aromatic N) is 1. The molecule has 0 saturated heterocycles. The third kappa shape index (κ3) is 4.06. The molecule has 5 heteroatoms. The number of nitrogens with one attached hydrogen (secondary N) is 1. The van der Waals surface area contributed by atoms with E-state index >= 15 is 0 Å². The van der Waals surface area contributed by atoms with Crippen molar-refractivity contribution in [2.45, 2.75) is 65.0 Å². The average Bonchev–Trinajstić information content (AvgIpc) is 2.72. The van der Waals surface area contributed by atoms with Gasteiger partial charge in [0, 0.05) is 18.0 Å². The number of aromatic nitrogens is 1. The molecule has 0 radical (unpaired) electrons. The normalized spacial score (nSPS) is 12.5. The van der Waals surface area contributed by atoms with Gasteiger partial charge in [-0.25, -0.2) is 0 Å². The number of carbonyl (C=O) groups is 1. The Morgan fingerprint density at radius 3 is 2.58 bits per heavy atom. The van der Waals surface area contributed by atoms with Crippen LogP contribution in [-0.2, 0) is 6.42 Å². The molecule has 0 aromatic carbocycles. The quantitative estimate of drug-likeness (QED) is 0.828. The van der Waals surface area contributed by atoms with Gasteiger partial charge in [-0.1, -0.05) is 18.5 Å². The molecule has 108 valence electrons. The van der Waals surface area contributed by atoms with Gasteiger partial charge in [-0.05, 0) is 34.1 Å². The zero-order valence-electron chi connectivity index (χ0n) is 12.5. The van der Waals surface area contributed by atoms with Crippen molar-refractivity contribution in [1.29, 1.82) is 0 Å². The Labute approximate surface area is 114 Å². The average molecular weight is 267 g/mol. The van der Waals surface area contributed by atoms with Gasteiger partial charge in [0.25, 0.3) is 5.91 Å². The number of rotatable bonds is 6. The number of unbranched alkanes of at least 4 members (excludes halogenated alkanes) is 1. The minimum atomic E-state index is -0.535. The number of nitrogens with two attached hydrogens (primary N) is 1. The summed E-state index contributed by atoms with van der Waals surface area (Å²) in [5.41, 5.74) is 5.30. The number of aryl methyl sites for hydroxylation is 1. The van der Waals surface area contributed by atoms with Gasteiger partial charge in [-0.3, -0.25) is 4.79 Å². The van der Waals surface area contributed by atoms with Crippen LogP contribution in [0.15, 0.2) is 10.6 Å². The largest absolute Gasteiger partial charge is 0.361 e. The fourth-order valence-corrected chi connectivity index (χ4v) is 1.40. The highest BCUT2D eigenvalue weighted by Gasteiger charge is 2.35. The van der Waals surface area contributed by atoms with Gasteiger partial charge in [-0.15, -0.1) is 0 Å². The van der Waals surface area contributed by atoms with Crippen molar-refractivity contribution in [3.05, 3.63) is 17.5 Å². The van der Waals surface area contributed by atoms with E-state index in [1.165, 1.54) is 0 Å². The Morgan fingerprint density at radius 2 is 2.05 bits per heavy atom. The molecule has 1 heterocycles. The molecule has 0 aliphatic heterocycles. The Hall–Kier alpha value is -1.36. The van der Waals surface area contributed by atoms with Crippen molar-refractivity contribution in [3.8, 4) is 0 Å². The maximum absolute atomic E-state index is 12.1. The van der Waals surface area contributed by atoms with Crippen LogP contribution in [0.5, 0.6) is 0 Å². The summed E-state index contributed by atoms with van der Waals surface area (Å²) >= 11 is 0. The SMILES string of the molecule is CCCCc1cc(C(=O)NC(C)(C)C(C)(C)N)no1. The lowest BCUT2D eigenvalue weighted by atomic mass is 9.83. The maximum Gasteiger partial charge on any atom is 0.273 e. The van der Waals surface area contributed by atoms with Crippen LogP contribution in [0, 0.1) is 0 Å². The minimum Gasteiger partial charge on any atom is -0.361 e. The standard InChI is InChI=1S/C14H25N3O2/c1-6-7-8-10-9-11(17-19-10)12(18)16-14(4,5)13(2,3)15/h9H,6-8,15H2,1-5H3,(H,16,18). The molecule has 1 rings (SSSR count). The fraction of sp³-hybridized carbons (Fsp3) is 0.714. The van der Waals surface area contributed by atoms with E-state index in [0.29, 0.717) is 5.69 Å². The molecule has 0 bridgehead atoms. The van der Waals surface area contributed by atoms with Crippen molar-refractivity contribution < 1.29 is 9.32 Å². The summed E-state index contributed by atoms with van der Waals surface area (Å²) in [5, 5.41) is 6.70. The molecule has 1 aromatic rings. The van der Waals surface area contributed by atoms with E-state index < -0.39 is 11.1 Å². The maximum atomic E-state index is 12.1. The third-order valence-electron chi connectivity index (χ3n) is 3.61.